The Labute approximate surface area is 114 Å². The molecule has 106 valence electrons. The van der Waals surface area contributed by atoms with Gasteiger partial charge in [0.05, 0.1) is 17.6 Å². The number of nitrogens with zero attached hydrogens (tertiary/aromatic N) is 1. The van der Waals surface area contributed by atoms with Crippen LogP contribution in [0, 0.1) is 16.0 Å². The molecule has 0 aliphatic rings. The molecule has 0 bridgehead atoms. The van der Waals surface area contributed by atoms with Gasteiger partial charge in [-0.2, -0.15) is 0 Å². The van der Waals surface area contributed by atoms with Crippen molar-refractivity contribution >= 4 is 11.4 Å². The average molecular weight is 266 g/mol. The topological polar surface area (TPSA) is 64.4 Å². The van der Waals surface area contributed by atoms with E-state index in [1.54, 1.807) is 19.2 Å². The third kappa shape index (κ3) is 4.87. The van der Waals surface area contributed by atoms with Crippen LogP contribution in [0.5, 0.6) is 0 Å². The Balaban J connectivity index is 2.67. The largest absolute Gasteiger partial charge is 0.383 e. The van der Waals surface area contributed by atoms with Crippen LogP contribution in [-0.4, -0.2) is 18.1 Å². The van der Waals surface area contributed by atoms with Gasteiger partial charge in [0.25, 0.3) is 5.69 Å². The number of ether oxygens (including phenoxy) is 1. The van der Waals surface area contributed by atoms with Crippen LogP contribution in [0.25, 0.3) is 0 Å². The average Bonchev–Trinajstić information content (AvgIpc) is 2.34. The highest BCUT2D eigenvalue weighted by Crippen LogP contribution is 2.25. The fourth-order valence-electron chi connectivity index (χ4n) is 2.00. The zero-order valence-electron chi connectivity index (χ0n) is 12.0. The van der Waals surface area contributed by atoms with E-state index in [4.69, 9.17) is 4.74 Å². The Morgan fingerprint density at radius 3 is 2.58 bits per heavy atom. The summed E-state index contributed by atoms with van der Waals surface area (Å²) in [6, 6.07) is 5.01. The molecule has 0 spiro atoms. The van der Waals surface area contributed by atoms with Crippen molar-refractivity contribution in [2.24, 2.45) is 5.92 Å². The van der Waals surface area contributed by atoms with E-state index < -0.39 is 4.92 Å². The predicted molar refractivity (Wildman–Crippen MR) is 76.3 cm³/mol. The minimum absolute atomic E-state index is 0.0847. The van der Waals surface area contributed by atoms with Crippen molar-refractivity contribution in [2.75, 3.05) is 12.4 Å². The Morgan fingerprint density at radius 2 is 2.05 bits per heavy atom. The maximum absolute atomic E-state index is 10.8. The second-order valence-corrected chi connectivity index (χ2v) is 5.11. The van der Waals surface area contributed by atoms with E-state index in [2.05, 4.69) is 19.2 Å². The van der Waals surface area contributed by atoms with Gasteiger partial charge in [0.15, 0.2) is 0 Å². The molecule has 0 saturated carbocycles. The second-order valence-electron chi connectivity index (χ2n) is 5.11. The van der Waals surface area contributed by atoms with Crippen LogP contribution >= 0.6 is 0 Å². The Kier molecular flexibility index (Phi) is 5.76. The molecule has 1 N–H and O–H groups in total. The molecule has 1 aromatic carbocycles. The van der Waals surface area contributed by atoms with Crippen LogP contribution in [0.15, 0.2) is 18.2 Å². The standard InChI is InChI=1S/C14H22N2O3/c1-10(2)7-11(3)19-9-12-5-6-14(16(17)18)13(8-12)15-4/h5-6,8,10-11,15H,7,9H2,1-4H3. The van der Waals surface area contributed by atoms with Gasteiger partial charge in [-0.05, 0) is 37.0 Å². The lowest BCUT2D eigenvalue weighted by molar-refractivity contribution is -0.384. The number of rotatable bonds is 7. The molecule has 0 aromatic heterocycles. The zero-order valence-corrected chi connectivity index (χ0v) is 12.0. The van der Waals surface area contributed by atoms with Gasteiger partial charge in [0, 0.05) is 13.1 Å². The van der Waals surface area contributed by atoms with Crippen molar-refractivity contribution in [3.63, 3.8) is 0 Å². The van der Waals surface area contributed by atoms with Gasteiger partial charge in [-0.1, -0.05) is 13.8 Å². The molecule has 1 atom stereocenters. The summed E-state index contributed by atoms with van der Waals surface area (Å²) in [6.45, 7) is 6.83. The molecule has 19 heavy (non-hydrogen) atoms. The minimum atomic E-state index is -0.391. The summed E-state index contributed by atoms with van der Waals surface area (Å²) in [5, 5.41) is 13.7. The predicted octanol–water partition coefficient (Wildman–Crippen LogP) is 3.59. The molecule has 0 amide bonds. The van der Waals surface area contributed by atoms with E-state index in [9.17, 15) is 10.1 Å². The van der Waals surface area contributed by atoms with Crippen molar-refractivity contribution in [3.8, 4) is 0 Å². The highest BCUT2D eigenvalue weighted by molar-refractivity contribution is 5.62. The van der Waals surface area contributed by atoms with Gasteiger partial charge in [0.2, 0.25) is 0 Å². The molecular formula is C14H22N2O3. The van der Waals surface area contributed by atoms with E-state index in [-0.39, 0.29) is 11.8 Å². The van der Waals surface area contributed by atoms with E-state index in [1.165, 1.54) is 6.07 Å². The Bertz CT molecular complexity index is 433. The summed E-state index contributed by atoms with van der Waals surface area (Å²) in [7, 11) is 1.67. The second kappa shape index (κ2) is 7.09. The third-order valence-corrected chi connectivity index (χ3v) is 2.86. The van der Waals surface area contributed by atoms with Crippen molar-refractivity contribution in [1.82, 2.24) is 0 Å². The van der Waals surface area contributed by atoms with E-state index >= 15 is 0 Å². The zero-order chi connectivity index (χ0) is 14.4. The summed E-state index contributed by atoms with van der Waals surface area (Å²) in [5.74, 6) is 0.597. The summed E-state index contributed by atoms with van der Waals surface area (Å²) in [4.78, 5) is 10.4. The molecule has 1 aromatic rings. The molecule has 1 rings (SSSR count). The summed E-state index contributed by atoms with van der Waals surface area (Å²) in [5.41, 5.74) is 1.54. The van der Waals surface area contributed by atoms with Crippen molar-refractivity contribution in [1.29, 1.82) is 0 Å². The third-order valence-electron chi connectivity index (χ3n) is 2.86. The molecular weight excluding hydrogens is 244 g/mol. The first-order valence-electron chi connectivity index (χ1n) is 6.50. The smallest absolute Gasteiger partial charge is 0.292 e. The monoisotopic (exact) mass is 266 g/mol. The lowest BCUT2D eigenvalue weighted by Gasteiger charge is -2.15. The van der Waals surface area contributed by atoms with Crippen molar-refractivity contribution in [3.05, 3.63) is 33.9 Å². The first kappa shape index (κ1) is 15.4. The highest BCUT2D eigenvalue weighted by Gasteiger charge is 2.13. The maximum atomic E-state index is 10.8. The molecule has 0 aliphatic carbocycles. The van der Waals surface area contributed by atoms with Crippen molar-refractivity contribution in [2.45, 2.75) is 39.9 Å². The fourth-order valence-corrected chi connectivity index (χ4v) is 2.00. The van der Waals surface area contributed by atoms with E-state index in [1.807, 2.05) is 6.92 Å². The van der Waals surface area contributed by atoms with Gasteiger partial charge in [-0.25, -0.2) is 0 Å². The summed E-state index contributed by atoms with van der Waals surface area (Å²) >= 11 is 0. The van der Waals surface area contributed by atoms with Crippen LogP contribution < -0.4 is 5.32 Å². The van der Waals surface area contributed by atoms with Gasteiger partial charge in [0.1, 0.15) is 5.69 Å². The number of anilines is 1. The molecule has 0 heterocycles. The van der Waals surface area contributed by atoms with Crippen LogP contribution in [-0.2, 0) is 11.3 Å². The van der Waals surface area contributed by atoms with Crippen LogP contribution in [0.2, 0.25) is 0 Å². The van der Waals surface area contributed by atoms with Crippen LogP contribution in [0.1, 0.15) is 32.8 Å². The Hall–Kier alpha value is -1.62. The number of benzene rings is 1. The van der Waals surface area contributed by atoms with Gasteiger partial charge in [-0.15, -0.1) is 0 Å². The molecule has 0 aliphatic heterocycles. The van der Waals surface area contributed by atoms with Crippen molar-refractivity contribution < 1.29 is 9.66 Å². The lowest BCUT2D eigenvalue weighted by atomic mass is 10.1. The number of nitrogens with one attached hydrogen (secondary N) is 1. The normalized spacial score (nSPS) is 12.5. The van der Waals surface area contributed by atoms with Gasteiger partial charge < -0.3 is 10.1 Å². The highest BCUT2D eigenvalue weighted by atomic mass is 16.6. The number of nitro groups is 1. The molecule has 1 unspecified atom stereocenters. The molecule has 0 radical (unpaired) electrons. The summed E-state index contributed by atoms with van der Waals surface area (Å²) in [6.07, 6.45) is 1.19. The Morgan fingerprint density at radius 1 is 1.37 bits per heavy atom. The minimum Gasteiger partial charge on any atom is -0.383 e. The van der Waals surface area contributed by atoms with E-state index in [0.717, 1.165) is 12.0 Å². The maximum Gasteiger partial charge on any atom is 0.292 e. The van der Waals surface area contributed by atoms with Gasteiger partial charge in [-0.3, -0.25) is 10.1 Å². The van der Waals surface area contributed by atoms with Crippen LogP contribution in [0.3, 0.4) is 0 Å². The fraction of sp³-hybridized carbons (Fsp3) is 0.571. The first-order valence-corrected chi connectivity index (χ1v) is 6.50. The lowest BCUT2D eigenvalue weighted by Crippen LogP contribution is -2.11. The summed E-state index contributed by atoms with van der Waals surface area (Å²) < 4.78 is 5.74. The SMILES string of the molecule is CNc1cc(COC(C)CC(C)C)ccc1[N+](=O)[O-]. The van der Waals surface area contributed by atoms with Crippen LogP contribution in [0.4, 0.5) is 11.4 Å². The molecule has 0 saturated heterocycles. The quantitative estimate of drug-likeness (QED) is 0.605. The number of nitro benzene ring substituents is 1. The molecule has 5 heteroatoms. The van der Waals surface area contributed by atoms with E-state index in [0.29, 0.717) is 18.2 Å². The molecule has 0 fully saturated rings. The number of hydrogen-bond donors (Lipinski definition) is 1. The van der Waals surface area contributed by atoms with Gasteiger partial charge >= 0.3 is 0 Å². The first-order chi connectivity index (χ1) is 8.93. The number of hydrogen-bond acceptors (Lipinski definition) is 4. The molecule has 5 nitrogen and oxygen atoms in total.